The Morgan fingerprint density at radius 2 is 2.00 bits per heavy atom. The molecule has 0 aliphatic heterocycles. The monoisotopic (exact) mass is 278 g/mol. The fraction of sp³-hybridized carbons (Fsp3) is 0.625. The van der Waals surface area contributed by atoms with Gasteiger partial charge in [0.2, 0.25) is 5.88 Å². The van der Waals surface area contributed by atoms with Crippen LogP contribution < -0.4 is 10.5 Å². The molecule has 0 bridgehead atoms. The van der Waals surface area contributed by atoms with E-state index in [0.29, 0.717) is 24.1 Å². The number of carbonyl (C=O) groups excluding carboxylic acids is 1. The predicted molar refractivity (Wildman–Crippen MR) is 80.6 cm³/mol. The van der Waals surface area contributed by atoms with E-state index in [4.69, 9.17) is 10.5 Å². The molecular weight excluding hydrogens is 252 g/mol. The third kappa shape index (κ3) is 5.70. The van der Waals surface area contributed by atoms with Crippen LogP contribution in [0, 0.1) is 5.92 Å². The van der Waals surface area contributed by atoms with Crippen molar-refractivity contribution in [2.75, 3.05) is 6.61 Å². The van der Waals surface area contributed by atoms with Gasteiger partial charge in [0.1, 0.15) is 6.29 Å². The highest BCUT2D eigenvalue weighted by molar-refractivity contribution is 5.51. The number of hydrogen-bond acceptors (Lipinski definition) is 4. The quantitative estimate of drug-likeness (QED) is 0.667. The summed E-state index contributed by atoms with van der Waals surface area (Å²) in [4.78, 5) is 14.9. The minimum absolute atomic E-state index is 0.282. The summed E-state index contributed by atoms with van der Waals surface area (Å²) in [6.07, 6.45) is 5.80. The second kappa shape index (κ2) is 9.48. The molecule has 4 nitrogen and oxygen atoms in total. The highest BCUT2D eigenvalue weighted by atomic mass is 16.5. The average molecular weight is 278 g/mol. The Bertz CT molecular complexity index is 390. The molecule has 1 atom stereocenters. The lowest BCUT2D eigenvalue weighted by molar-refractivity contribution is -0.108. The Hall–Kier alpha value is -1.42. The third-order valence-corrected chi connectivity index (χ3v) is 3.34. The number of pyridine rings is 1. The van der Waals surface area contributed by atoms with Gasteiger partial charge in [0.25, 0.3) is 0 Å². The number of aldehydes is 1. The molecule has 1 rings (SSSR count). The summed E-state index contributed by atoms with van der Waals surface area (Å²) < 4.78 is 5.79. The lowest BCUT2D eigenvalue weighted by Crippen LogP contribution is -2.15. The molecule has 1 heterocycles. The van der Waals surface area contributed by atoms with Gasteiger partial charge in [-0.3, -0.25) is 0 Å². The second-order valence-corrected chi connectivity index (χ2v) is 5.16. The first kappa shape index (κ1) is 16.6. The molecule has 0 fully saturated rings. The molecule has 1 unspecified atom stereocenters. The van der Waals surface area contributed by atoms with Gasteiger partial charge < -0.3 is 15.3 Å². The van der Waals surface area contributed by atoms with E-state index in [1.54, 1.807) is 0 Å². The van der Waals surface area contributed by atoms with Crippen LogP contribution in [0.25, 0.3) is 0 Å². The zero-order valence-electron chi connectivity index (χ0n) is 12.5. The highest BCUT2D eigenvalue weighted by Gasteiger charge is 2.10. The highest BCUT2D eigenvalue weighted by Crippen LogP contribution is 2.18. The smallest absolute Gasteiger partial charge is 0.213 e. The number of ether oxygens (including phenoxy) is 1. The first-order chi connectivity index (χ1) is 9.71. The summed E-state index contributed by atoms with van der Waals surface area (Å²) >= 11 is 0. The fourth-order valence-electron chi connectivity index (χ4n) is 2.27. The normalized spacial score (nSPS) is 12.4. The van der Waals surface area contributed by atoms with Crippen molar-refractivity contribution in [2.45, 2.75) is 52.0 Å². The lowest BCUT2D eigenvalue weighted by Gasteiger charge is -2.16. The van der Waals surface area contributed by atoms with E-state index >= 15 is 0 Å². The van der Waals surface area contributed by atoms with Crippen LogP contribution in [0.5, 0.6) is 5.88 Å². The molecule has 1 aromatic rings. The van der Waals surface area contributed by atoms with Crippen LogP contribution >= 0.6 is 0 Å². The van der Waals surface area contributed by atoms with Gasteiger partial charge in [-0.15, -0.1) is 0 Å². The third-order valence-electron chi connectivity index (χ3n) is 3.34. The van der Waals surface area contributed by atoms with Gasteiger partial charge in [-0.25, -0.2) is 4.98 Å². The van der Waals surface area contributed by atoms with Gasteiger partial charge in [-0.1, -0.05) is 32.8 Å². The van der Waals surface area contributed by atoms with E-state index in [9.17, 15) is 4.79 Å². The molecule has 4 heteroatoms. The van der Waals surface area contributed by atoms with Crippen molar-refractivity contribution in [3.05, 3.63) is 23.9 Å². The Kier molecular flexibility index (Phi) is 7.88. The van der Waals surface area contributed by atoms with Gasteiger partial charge in [0.15, 0.2) is 0 Å². The van der Waals surface area contributed by atoms with Gasteiger partial charge in [-0.05, 0) is 24.8 Å². The molecule has 0 spiro atoms. The average Bonchev–Trinajstić information content (AvgIpc) is 2.46. The van der Waals surface area contributed by atoms with Crippen LogP contribution in [0.3, 0.4) is 0 Å². The van der Waals surface area contributed by atoms with Gasteiger partial charge in [-0.2, -0.15) is 0 Å². The van der Waals surface area contributed by atoms with Crippen molar-refractivity contribution >= 4 is 6.29 Å². The fourth-order valence-corrected chi connectivity index (χ4v) is 2.27. The van der Waals surface area contributed by atoms with Crippen LogP contribution in [0.1, 0.15) is 57.7 Å². The van der Waals surface area contributed by atoms with E-state index in [1.807, 2.05) is 18.2 Å². The Morgan fingerprint density at radius 1 is 1.30 bits per heavy atom. The largest absolute Gasteiger partial charge is 0.477 e. The number of nitrogens with two attached hydrogens (primary N) is 1. The molecule has 0 amide bonds. The maximum absolute atomic E-state index is 10.5. The molecule has 112 valence electrons. The summed E-state index contributed by atoms with van der Waals surface area (Å²) in [5.41, 5.74) is 6.58. The van der Waals surface area contributed by atoms with Gasteiger partial charge in [0.05, 0.1) is 18.3 Å². The van der Waals surface area contributed by atoms with Crippen molar-refractivity contribution in [3.63, 3.8) is 0 Å². The SMILES string of the molecule is CCCC(CCC)COc1cccc(C(N)CC=O)n1. The number of rotatable bonds is 10. The minimum atomic E-state index is -0.349. The topological polar surface area (TPSA) is 65.2 Å². The molecule has 20 heavy (non-hydrogen) atoms. The van der Waals surface area contributed by atoms with Crippen molar-refractivity contribution in [1.29, 1.82) is 0 Å². The molecule has 1 aromatic heterocycles. The van der Waals surface area contributed by atoms with Gasteiger partial charge in [0, 0.05) is 12.5 Å². The number of nitrogens with zero attached hydrogens (tertiary/aromatic N) is 1. The molecule has 0 aromatic carbocycles. The number of hydrogen-bond donors (Lipinski definition) is 1. The summed E-state index contributed by atoms with van der Waals surface area (Å²) in [7, 11) is 0. The minimum Gasteiger partial charge on any atom is -0.477 e. The number of carbonyl (C=O) groups is 1. The van der Waals surface area contributed by atoms with Crippen molar-refractivity contribution in [1.82, 2.24) is 4.98 Å². The predicted octanol–water partition coefficient (Wildman–Crippen LogP) is 3.27. The van der Waals surface area contributed by atoms with Crippen LogP contribution in [-0.2, 0) is 4.79 Å². The summed E-state index contributed by atoms with van der Waals surface area (Å²) in [5, 5.41) is 0. The summed E-state index contributed by atoms with van der Waals surface area (Å²) in [5.74, 6) is 1.18. The molecule has 0 radical (unpaired) electrons. The second-order valence-electron chi connectivity index (χ2n) is 5.16. The van der Waals surface area contributed by atoms with E-state index in [0.717, 1.165) is 6.29 Å². The molecule has 0 saturated carbocycles. The molecular formula is C16H26N2O2. The summed E-state index contributed by atoms with van der Waals surface area (Å²) in [6, 6.07) is 5.19. The zero-order chi connectivity index (χ0) is 14.8. The van der Waals surface area contributed by atoms with Crippen molar-refractivity contribution < 1.29 is 9.53 Å². The first-order valence-corrected chi connectivity index (χ1v) is 7.50. The van der Waals surface area contributed by atoms with Gasteiger partial charge >= 0.3 is 0 Å². The zero-order valence-corrected chi connectivity index (χ0v) is 12.5. The molecule has 0 saturated heterocycles. The van der Waals surface area contributed by atoms with E-state index in [-0.39, 0.29) is 12.5 Å². The molecule has 0 aliphatic carbocycles. The Balaban J connectivity index is 2.58. The van der Waals surface area contributed by atoms with Crippen molar-refractivity contribution in [3.8, 4) is 5.88 Å². The number of aromatic nitrogens is 1. The van der Waals surface area contributed by atoms with E-state index in [2.05, 4.69) is 18.8 Å². The lowest BCUT2D eigenvalue weighted by atomic mass is 9.99. The Labute approximate surface area is 121 Å². The molecule has 0 aliphatic rings. The molecule has 2 N–H and O–H groups in total. The van der Waals surface area contributed by atoms with Crippen LogP contribution in [0.15, 0.2) is 18.2 Å². The van der Waals surface area contributed by atoms with E-state index in [1.165, 1.54) is 25.7 Å². The van der Waals surface area contributed by atoms with Crippen LogP contribution in [0.2, 0.25) is 0 Å². The van der Waals surface area contributed by atoms with Crippen LogP contribution in [-0.4, -0.2) is 17.9 Å². The maximum Gasteiger partial charge on any atom is 0.213 e. The standard InChI is InChI=1S/C16H26N2O2/c1-3-6-13(7-4-2)12-20-16-9-5-8-15(18-16)14(17)10-11-19/h5,8-9,11,13-14H,3-4,6-7,10,12,17H2,1-2H3. The van der Waals surface area contributed by atoms with Crippen molar-refractivity contribution in [2.24, 2.45) is 11.7 Å². The Morgan fingerprint density at radius 3 is 2.60 bits per heavy atom. The maximum atomic E-state index is 10.5. The van der Waals surface area contributed by atoms with E-state index < -0.39 is 0 Å². The first-order valence-electron chi connectivity index (χ1n) is 7.50. The summed E-state index contributed by atoms with van der Waals surface area (Å²) in [6.45, 7) is 5.08. The van der Waals surface area contributed by atoms with Crippen LogP contribution in [0.4, 0.5) is 0 Å².